The van der Waals surface area contributed by atoms with Gasteiger partial charge in [0.15, 0.2) is 0 Å². The molecule has 92 valence electrons. The maximum atomic E-state index is 5.71. The molecule has 0 aliphatic rings. The van der Waals surface area contributed by atoms with Crippen molar-refractivity contribution in [2.75, 3.05) is 0 Å². The van der Waals surface area contributed by atoms with E-state index < -0.39 is 0 Å². The molecule has 0 aromatic heterocycles. The van der Waals surface area contributed by atoms with Crippen LogP contribution in [0.2, 0.25) is 0 Å². The first-order chi connectivity index (χ1) is 6.68. The van der Waals surface area contributed by atoms with Gasteiger partial charge < -0.3 is 17.1 Å². The molecule has 1 aromatic carbocycles. The zero-order chi connectivity index (χ0) is 11.7. The van der Waals surface area contributed by atoms with Crippen LogP contribution in [0, 0.1) is 6.07 Å². The van der Waals surface area contributed by atoms with Gasteiger partial charge in [0.05, 0.1) is 5.60 Å². The third-order valence-electron chi connectivity index (χ3n) is 2.07. The summed E-state index contributed by atoms with van der Waals surface area (Å²) in [5.41, 5.74) is 1.31. The molecule has 1 aromatic rings. The van der Waals surface area contributed by atoms with E-state index >= 15 is 0 Å². The maximum absolute atomic E-state index is 5.71. The first-order valence-electron chi connectivity index (χ1n) is 5.40. The minimum absolute atomic E-state index is 0. The Morgan fingerprint density at radius 1 is 1.00 bits per heavy atom. The van der Waals surface area contributed by atoms with Gasteiger partial charge in [-0.25, -0.2) is 0 Å². The number of ether oxygens (including phenoxy) is 1. The van der Waals surface area contributed by atoms with Crippen LogP contribution in [0.1, 0.15) is 47.1 Å². The fourth-order valence-electron chi connectivity index (χ4n) is 1.27. The summed E-state index contributed by atoms with van der Waals surface area (Å²) < 4.78 is 5.71. The van der Waals surface area contributed by atoms with Crippen LogP contribution in [0.5, 0.6) is 5.75 Å². The van der Waals surface area contributed by atoms with E-state index in [-0.39, 0.29) is 46.5 Å². The molecule has 0 atom stereocenters. The maximum Gasteiger partial charge on any atom is 2.00 e. The SMILES string of the molecule is CC(C)(C)Oc1[c-]cc(C(C)(C)C)cc1.[Cl-].[Mg+2]. The summed E-state index contributed by atoms with van der Waals surface area (Å²) in [5.74, 6) is 0.815. The standard InChI is InChI=1S/C14H21O.ClH.Mg/c1-13(2,3)11-7-9-12(10-8-11)15-14(4,5)6;;/h7-9H,1-6H3;1H;/q-1;;+2/p-1. The van der Waals surface area contributed by atoms with E-state index in [2.05, 4.69) is 32.9 Å². The molecule has 0 fully saturated rings. The molecule has 0 heterocycles. The van der Waals surface area contributed by atoms with E-state index in [9.17, 15) is 0 Å². The normalized spacial score (nSPS) is 11.2. The van der Waals surface area contributed by atoms with E-state index in [0.29, 0.717) is 0 Å². The van der Waals surface area contributed by atoms with Gasteiger partial charge in [-0.15, -0.1) is 12.1 Å². The Morgan fingerprint density at radius 3 is 1.82 bits per heavy atom. The number of halogens is 1. The van der Waals surface area contributed by atoms with Crippen LogP contribution >= 0.6 is 0 Å². The van der Waals surface area contributed by atoms with Crippen molar-refractivity contribution >= 4 is 23.1 Å². The van der Waals surface area contributed by atoms with Crippen molar-refractivity contribution in [2.24, 2.45) is 0 Å². The monoisotopic (exact) mass is 264 g/mol. The summed E-state index contributed by atoms with van der Waals surface area (Å²) in [6.07, 6.45) is 0. The van der Waals surface area contributed by atoms with Crippen molar-refractivity contribution in [1.82, 2.24) is 0 Å². The Labute approximate surface area is 128 Å². The molecule has 0 bridgehead atoms. The van der Waals surface area contributed by atoms with E-state index in [0.717, 1.165) is 5.75 Å². The minimum Gasteiger partial charge on any atom is -1.00 e. The molecule has 0 amide bonds. The number of hydrogen-bond acceptors (Lipinski definition) is 1. The fraction of sp³-hybridized carbons (Fsp3) is 0.571. The Morgan fingerprint density at radius 2 is 1.53 bits per heavy atom. The number of rotatable bonds is 1. The molecule has 0 saturated heterocycles. The van der Waals surface area contributed by atoms with Crippen molar-refractivity contribution in [3.63, 3.8) is 0 Å². The summed E-state index contributed by atoms with van der Waals surface area (Å²) in [6.45, 7) is 12.7. The van der Waals surface area contributed by atoms with Gasteiger partial charge in [0.25, 0.3) is 0 Å². The summed E-state index contributed by atoms with van der Waals surface area (Å²) in [7, 11) is 0. The zero-order valence-electron chi connectivity index (χ0n) is 11.7. The fourth-order valence-corrected chi connectivity index (χ4v) is 1.27. The number of benzene rings is 1. The molecular formula is C14H21ClMgO. The van der Waals surface area contributed by atoms with Gasteiger partial charge in [-0.05, 0) is 20.8 Å². The molecule has 3 heteroatoms. The molecule has 0 radical (unpaired) electrons. The molecule has 0 aliphatic carbocycles. The summed E-state index contributed by atoms with van der Waals surface area (Å²) in [6, 6.07) is 9.29. The summed E-state index contributed by atoms with van der Waals surface area (Å²) >= 11 is 0. The van der Waals surface area contributed by atoms with Crippen molar-refractivity contribution in [3.05, 3.63) is 29.8 Å². The van der Waals surface area contributed by atoms with Gasteiger partial charge in [-0.1, -0.05) is 26.2 Å². The van der Waals surface area contributed by atoms with E-state index in [1.54, 1.807) is 0 Å². The summed E-state index contributed by atoms with van der Waals surface area (Å²) in [4.78, 5) is 0. The predicted molar refractivity (Wildman–Crippen MR) is 70.1 cm³/mol. The van der Waals surface area contributed by atoms with Crippen LogP contribution in [0.15, 0.2) is 18.2 Å². The molecule has 0 N–H and O–H groups in total. The Balaban J connectivity index is 0. The average Bonchev–Trinajstić information content (AvgIpc) is 2.00. The molecular weight excluding hydrogens is 244 g/mol. The first-order valence-corrected chi connectivity index (χ1v) is 5.40. The zero-order valence-corrected chi connectivity index (χ0v) is 13.9. The first kappa shape index (κ1) is 19.4. The van der Waals surface area contributed by atoms with Gasteiger partial charge in [0.2, 0.25) is 0 Å². The van der Waals surface area contributed by atoms with Gasteiger partial charge in [-0.3, -0.25) is 0 Å². The smallest absolute Gasteiger partial charge is 1.00 e. The van der Waals surface area contributed by atoms with Gasteiger partial charge in [0, 0.05) is 5.75 Å². The van der Waals surface area contributed by atoms with Crippen molar-refractivity contribution in [3.8, 4) is 5.75 Å². The van der Waals surface area contributed by atoms with Crippen LogP contribution in [0.3, 0.4) is 0 Å². The molecule has 0 unspecified atom stereocenters. The quantitative estimate of drug-likeness (QED) is 0.533. The van der Waals surface area contributed by atoms with E-state index in [1.807, 2.05) is 32.9 Å². The molecule has 0 spiro atoms. The number of hydrogen-bond donors (Lipinski definition) is 0. The Hall–Kier alpha value is 0.0762. The Bertz CT molecular complexity index is 320. The third-order valence-corrected chi connectivity index (χ3v) is 2.07. The average molecular weight is 265 g/mol. The van der Waals surface area contributed by atoms with Crippen molar-refractivity contribution < 1.29 is 17.1 Å². The van der Waals surface area contributed by atoms with Crippen LogP contribution in [0.25, 0.3) is 0 Å². The van der Waals surface area contributed by atoms with Gasteiger partial charge in [0.1, 0.15) is 0 Å². The second-order valence-electron chi connectivity index (χ2n) is 5.91. The molecule has 1 nitrogen and oxygen atoms in total. The van der Waals surface area contributed by atoms with E-state index in [1.165, 1.54) is 5.56 Å². The third kappa shape index (κ3) is 7.17. The van der Waals surface area contributed by atoms with Crippen LogP contribution < -0.4 is 17.1 Å². The molecule has 17 heavy (non-hydrogen) atoms. The second-order valence-corrected chi connectivity index (χ2v) is 5.91. The van der Waals surface area contributed by atoms with Crippen molar-refractivity contribution in [1.29, 1.82) is 0 Å². The Kier molecular flexibility index (Phi) is 7.84. The molecule has 0 aliphatic heterocycles. The summed E-state index contributed by atoms with van der Waals surface area (Å²) in [5, 5.41) is 0. The van der Waals surface area contributed by atoms with Gasteiger partial charge >= 0.3 is 23.1 Å². The largest absolute Gasteiger partial charge is 2.00 e. The van der Waals surface area contributed by atoms with Crippen LogP contribution in [-0.2, 0) is 5.41 Å². The van der Waals surface area contributed by atoms with Crippen LogP contribution in [-0.4, -0.2) is 28.7 Å². The molecule has 1 rings (SSSR count). The predicted octanol–water partition coefficient (Wildman–Crippen LogP) is 0.585. The van der Waals surface area contributed by atoms with Crippen molar-refractivity contribution in [2.45, 2.75) is 52.6 Å². The topological polar surface area (TPSA) is 9.23 Å². The molecule has 0 saturated carbocycles. The van der Waals surface area contributed by atoms with E-state index in [4.69, 9.17) is 4.74 Å². The second kappa shape index (κ2) is 6.86. The van der Waals surface area contributed by atoms with Gasteiger partial charge in [-0.2, -0.15) is 17.7 Å². The minimum atomic E-state index is -0.153. The van der Waals surface area contributed by atoms with Crippen LogP contribution in [0.4, 0.5) is 0 Å².